The number of pyridine rings is 1. The van der Waals surface area contributed by atoms with Crippen LogP contribution in [0.2, 0.25) is 0 Å². The van der Waals surface area contributed by atoms with E-state index in [4.69, 9.17) is 19.4 Å². The van der Waals surface area contributed by atoms with Gasteiger partial charge in [0.2, 0.25) is 5.71 Å². The Bertz CT molecular complexity index is 2820. The Kier molecular flexibility index (Phi) is 14.5. The second kappa shape index (κ2) is 19.2. The number of carbonyl (C=O) groups excluding carboxylic acids is 1. The fraction of sp³-hybridized carbons (Fsp3) is 0.429. The first-order chi connectivity index (χ1) is 29.6. The number of aryl methyl sites for hydroxylation is 4. The van der Waals surface area contributed by atoms with Crippen LogP contribution in [0.3, 0.4) is 0 Å². The maximum atomic E-state index is 12.2. The van der Waals surface area contributed by atoms with Crippen LogP contribution in [0.4, 0.5) is 0 Å². The van der Waals surface area contributed by atoms with Gasteiger partial charge in [0.05, 0.1) is 16.8 Å². The van der Waals surface area contributed by atoms with Gasteiger partial charge < -0.3 is 9.52 Å². The van der Waals surface area contributed by atoms with E-state index in [0.29, 0.717) is 11.6 Å². The molecule has 0 aliphatic heterocycles. The number of rotatable bonds is 11. The van der Waals surface area contributed by atoms with Gasteiger partial charge in [0.15, 0.2) is 5.78 Å². The molecule has 1 aliphatic rings. The summed E-state index contributed by atoms with van der Waals surface area (Å²) in [5.41, 5.74) is 12.3. The van der Waals surface area contributed by atoms with Crippen molar-refractivity contribution in [1.82, 2.24) is 15.0 Å². The van der Waals surface area contributed by atoms with Gasteiger partial charge in [-0.25, -0.2) is 9.97 Å². The van der Waals surface area contributed by atoms with E-state index in [1.165, 1.54) is 70.3 Å². The number of fused-ring (bicyclic) bond motifs is 6. The zero-order valence-electron chi connectivity index (χ0n) is 39.6. The van der Waals surface area contributed by atoms with E-state index >= 15 is 0 Å². The molecule has 1 aliphatic carbocycles. The Morgan fingerprint density at radius 3 is 2.08 bits per heavy atom. The van der Waals surface area contributed by atoms with E-state index in [1.807, 2.05) is 47.6 Å². The van der Waals surface area contributed by atoms with Crippen LogP contribution < -0.4 is 0 Å². The smallest absolute Gasteiger partial charge is 0.216 e. The number of benzene rings is 4. The van der Waals surface area contributed by atoms with Crippen LogP contribution >= 0.6 is 0 Å². The maximum absolute atomic E-state index is 12.2. The predicted molar refractivity (Wildman–Crippen MR) is 259 cm³/mol. The van der Waals surface area contributed by atoms with Crippen LogP contribution in [0.5, 0.6) is 0 Å². The van der Waals surface area contributed by atoms with Gasteiger partial charge in [-0.05, 0) is 123 Å². The van der Waals surface area contributed by atoms with Crippen LogP contribution in [0, 0.1) is 44.6 Å². The molecule has 4 aromatic carbocycles. The van der Waals surface area contributed by atoms with Crippen LogP contribution in [0.15, 0.2) is 76.9 Å². The quantitative estimate of drug-likeness (QED) is 0.0601. The molecule has 0 spiro atoms. The molecule has 6 nitrogen and oxygen atoms in total. The monoisotopic (exact) mass is 1020 g/mol. The van der Waals surface area contributed by atoms with Crippen LogP contribution in [-0.2, 0) is 24.9 Å². The van der Waals surface area contributed by atoms with E-state index in [0.717, 1.165) is 81.3 Å². The number of nitrogens with zero attached hydrogens (tertiary/aromatic N) is 3. The molecule has 0 amide bonds. The second-order valence-electron chi connectivity index (χ2n) is 18.8. The number of ketones is 1. The molecule has 1 saturated carbocycles. The largest absolute Gasteiger partial charge is 0.512 e. The normalized spacial score (nSPS) is 13.9. The number of allylic oxidation sites excluding steroid dienone is 2. The van der Waals surface area contributed by atoms with Gasteiger partial charge in [-0.1, -0.05) is 116 Å². The Labute approximate surface area is 388 Å². The molecule has 63 heavy (non-hydrogen) atoms. The molecular formula is C56H66IrN3O3-. The van der Waals surface area contributed by atoms with Crippen molar-refractivity contribution in [2.24, 2.45) is 10.8 Å². The summed E-state index contributed by atoms with van der Waals surface area (Å²) in [6, 6.07) is 25.0. The van der Waals surface area contributed by atoms with Gasteiger partial charge in [-0.15, -0.1) is 18.2 Å². The minimum atomic E-state index is -0.337. The van der Waals surface area contributed by atoms with Gasteiger partial charge in [0.25, 0.3) is 0 Å². The Balaban J connectivity index is 0.000000314. The molecule has 0 saturated heterocycles. The molecule has 3 aromatic heterocycles. The number of furan rings is 1. The summed E-state index contributed by atoms with van der Waals surface area (Å²) in [6.07, 6.45) is 9.94. The van der Waals surface area contributed by atoms with Crippen molar-refractivity contribution < 1.29 is 34.4 Å². The molecule has 7 aromatic rings. The number of hydrogen-bond donors (Lipinski definition) is 1. The summed E-state index contributed by atoms with van der Waals surface area (Å²) in [6.45, 7) is 25.3. The molecule has 0 bridgehead atoms. The van der Waals surface area contributed by atoms with E-state index in [9.17, 15) is 9.90 Å². The summed E-state index contributed by atoms with van der Waals surface area (Å²) < 4.78 is 6.64. The first kappa shape index (κ1) is 47.8. The maximum Gasteiger partial charge on any atom is 0.216 e. The van der Waals surface area contributed by atoms with Crippen molar-refractivity contribution in [3.63, 3.8) is 0 Å². The van der Waals surface area contributed by atoms with Crippen LogP contribution in [0.25, 0.3) is 66.3 Å². The third-order valence-electron chi connectivity index (χ3n) is 14.6. The average molecular weight is 1020 g/mol. The second-order valence-corrected chi connectivity index (χ2v) is 18.8. The average Bonchev–Trinajstić information content (AvgIpc) is 3.93. The third-order valence-corrected chi connectivity index (χ3v) is 14.6. The van der Waals surface area contributed by atoms with E-state index < -0.39 is 0 Å². The van der Waals surface area contributed by atoms with Gasteiger partial charge in [0.1, 0.15) is 11.6 Å². The van der Waals surface area contributed by atoms with Crippen molar-refractivity contribution >= 4 is 49.5 Å². The molecule has 1 fully saturated rings. The fourth-order valence-electron chi connectivity index (χ4n) is 9.61. The minimum Gasteiger partial charge on any atom is -0.512 e. The van der Waals surface area contributed by atoms with Crippen LogP contribution in [0.1, 0.15) is 152 Å². The van der Waals surface area contributed by atoms with Crippen molar-refractivity contribution in [3.8, 4) is 22.5 Å². The van der Waals surface area contributed by atoms with Gasteiger partial charge in [-0.2, -0.15) is 0 Å². The van der Waals surface area contributed by atoms with Crippen molar-refractivity contribution in [1.29, 1.82) is 0 Å². The zero-order valence-corrected chi connectivity index (χ0v) is 42.0. The minimum absolute atomic E-state index is 0. The van der Waals surface area contributed by atoms with E-state index in [1.54, 1.807) is 0 Å². The Morgan fingerprint density at radius 1 is 0.825 bits per heavy atom. The standard InChI is InChI=1S/C41H38N3O.C15H28O2.Ir/c1-22(2)40-43-37(31-18-17-28-21-25(5)35(27-13-7-8-14-27)26(6)36(28)38(31)44-40)32-16-10-15-29-30-19-20-33(42-41(30)45-39(29)32)34-23(3)11-9-12-24(34)4;1-7-14(5,8-2)12(16)11-13(17)15(6,9-3)10-4;/h9-12,15,17-22,27H,7-8,13-14H2,1-6H3;11,16H,7-10H2,1-6H3;/q-1;;/b;12-11-;. The van der Waals surface area contributed by atoms with E-state index in [2.05, 4.69) is 102 Å². The first-order valence-electron chi connectivity index (χ1n) is 23.1. The molecule has 1 N–H and O–H groups in total. The molecule has 0 atom stereocenters. The van der Waals surface area contributed by atoms with E-state index in [-0.39, 0.29) is 48.4 Å². The molecule has 333 valence electrons. The van der Waals surface area contributed by atoms with Crippen molar-refractivity contribution in [3.05, 3.63) is 112 Å². The SMILES string of the molecule is CCC(C)(CC)C(=O)/C=C(\O)C(C)(CC)CC.Cc1cccc(C)c1-c1ccc2c(n1)oc1c(-c3nc(C(C)C)nc4c3ccc3cc(C)c(C5CCCC5)c(C)c34)[c-]ccc12.[Ir]. The number of carbonyl (C=O) groups is 1. The predicted octanol–water partition coefficient (Wildman–Crippen LogP) is 15.9. The van der Waals surface area contributed by atoms with Crippen LogP contribution in [-0.4, -0.2) is 25.8 Å². The molecular weight excluding hydrogens is 955 g/mol. The fourth-order valence-corrected chi connectivity index (χ4v) is 9.61. The molecule has 3 heterocycles. The summed E-state index contributed by atoms with van der Waals surface area (Å²) in [5.74, 6) is 1.92. The Morgan fingerprint density at radius 2 is 1.46 bits per heavy atom. The molecule has 7 heteroatoms. The summed E-state index contributed by atoms with van der Waals surface area (Å²) in [5, 5.41) is 15.7. The summed E-state index contributed by atoms with van der Waals surface area (Å²) in [4.78, 5) is 27.7. The molecule has 1 radical (unpaired) electrons. The Hall–Kier alpha value is -4.71. The van der Waals surface area contributed by atoms with Gasteiger partial charge >= 0.3 is 0 Å². The third kappa shape index (κ3) is 8.90. The zero-order chi connectivity index (χ0) is 44.7. The first-order valence-corrected chi connectivity index (χ1v) is 23.1. The molecule has 8 rings (SSSR count). The molecule has 0 unspecified atom stereocenters. The summed E-state index contributed by atoms with van der Waals surface area (Å²) in [7, 11) is 0. The van der Waals surface area contributed by atoms with Crippen molar-refractivity contribution in [2.45, 2.75) is 146 Å². The van der Waals surface area contributed by atoms with Gasteiger partial charge in [0, 0.05) is 65.0 Å². The van der Waals surface area contributed by atoms with Gasteiger partial charge in [-0.3, -0.25) is 9.78 Å². The topological polar surface area (TPSA) is 89.1 Å². The summed E-state index contributed by atoms with van der Waals surface area (Å²) >= 11 is 0. The number of aliphatic hydroxyl groups is 1. The number of hydrogen-bond acceptors (Lipinski definition) is 6. The number of aliphatic hydroxyl groups excluding tert-OH is 1. The number of aromatic nitrogens is 3. The van der Waals surface area contributed by atoms with Crippen molar-refractivity contribution in [2.75, 3.05) is 0 Å².